The highest BCUT2D eigenvalue weighted by atomic mass is 16.5. The molecular formula is C29H35N5O6. The smallest absolute Gasteiger partial charge is 0.289 e. The summed E-state index contributed by atoms with van der Waals surface area (Å²) in [5.74, 6) is -1.82. The van der Waals surface area contributed by atoms with Gasteiger partial charge < -0.3 is 30.7 Å². The highest BCUT2D eigenvalue weighted by Gasteiger charge is 2.34. The molecule has 0 radical (unpaired) electrons. The standard InChI is InChI=1S/C29H35N5O6/c1-16(2)15-31-29(39)25(35)21(13-18-6-5-11-30-26(18)36)33-27(37)22(12-17-9-10-17)34-28(38)23-14-19-20(32-23)7-4-8-24(19)40-3/h4-8,11,14,16-17,21-22,32H,9-10,12-13,15H2,1-3H3,(H,30,36)(H,31,39)(H,33,37)(H,34,38). The maximum atomic E-state index is 13.5. The molecule has 3 amide bonds. The van der Waals surface area contributed by atoms with Crippen LogP contribution in [0.2, 0.25) is 0 Å². The van der Waals surface area contributed by atoms with Crippen molar-refractivity contribution in [3.05, 3.63) is 64.2 Å². The Morgan fingerprint density at radius 2 is 1.82 bits per heavy atom. The van der Waals surface area contributed by atoms with E-state index in [0.29, 0.717) is 17.7 Å². The summed E-state index contributed by atoms with van der Waals surface area (Å²) in [5.41, 5.74) is 0.783. The Hall–Kier alpha value is -4.41. The molecule has 11 nitrogen and oxygen atoms in total. The topological polar surface area (TPSA) is 162 Å². The monoisotopic (exact) mass is 549 g/mol. The molecule has 4 rings (SSSR count). The van der Waals surface area contributed by atoms with E-state index < -0.39 is 41.1 Å². The highest BCUT2D eigenvalue weighted by molar-refractivity contribution is 6.38. The normalized spacial score (nSPS) is 14.4. The number of carbonyl (C=O) groups excluding carboxylic acids is 4. The highest BCUT2D eigenvalue weighted by Crippen LogP contribution is 2.34. The Bertz CT molecular complexity index is 1450. The third-order valence-corrected chi connectivity index (χ3v) is 6.83. The minimum Gasteiger partial charge on any atom is -0.496 e. The zero-order chi connectivity index (χ0) is 28.8. The Morgan fingerprint density at radius 3 is 2.50 bits per heavy atom. The SMILES string of the molecule is COc1cccc2[nH]c(C(=O)NC(CC3CC3)C(=O)NC(Cc3ccc[nH]c3=O)C(=O)C(=O)NCC(C)C)cc12. The second kappa shape index (κ2) is 12.6. The van der Waals surface area contributed by atoms with Crippen LogP contribution in [0.15, 0.2) is 47.4 Å². The third kappa shape index (κ3) is 7.16. The van der Waals surface area contributed by atoms with Gasteiger partial charge >= 0.3 is 0 Å². The van der Waals surface area contributed by atoms with E-state index in [2.05, 4.69) is 25.9 Å². The molecule has 0 aliphatic heterocycles. The number of carbonyl (C=O) groups is 4. The number of fused-ring (bicyclic) bond motifs is 1. The summed E-state index contributed by atoms with van der Waals surface area (Å²) >= 11 is 0. The fourth-order valence-corrected chi connectivity index (χ4v) is 4.44. The first-order valence-corrected chi connectivity index (χ1v) is 13.4. The second-order valence-corrected chi connectivity index (χ2v) is 10.6. The van der Waals surface area contributed by atoms with Crippen molar-refractivity contribution in [3.63, 3.8) is 0 Å². The van der Waals surface area contributed by atoms with Crippen LogP contribution in [-0.2, 0) is 20.8 Å². The summed E-state index contributed by atoms with van der Waals surface area (Å²) in [7, 11) is 1.54. The number of aromatic amines is 2. The van der Waals surface area contributed by atoms with Gasteiger partial charge in [0.2, 0.25) is 11.7 Å². The number of ether oxygens (including phenoxy) is 1. The van der Waals surface area contributed by atoms with Gasteiger partial charge in [0.25, 0.3) is 17.4 Å². The summed E-state index contributed by atoms with van der Waals surface area (Å²) in [5, 5.41) is 8.74. The van der Waals surface area contributed by atoms with Crippen LogP contribution in [0.4, 0.5) is 0 Å². The number of hydrogen-bond donors (Lipinski definition) is 5. The molecule has 40 heavy (non-hydrogen) atoms. The molecule has 11 heteroatoms. The van der Waals surface area contributed by atoms with Gasteiger partial charge in [-0.3, -0.25) is 24.0 Å². The van der Waals surface area contributed by atoms with Gasteiger partial charge in [0.15, 0.2) is 0 Å². The fraction of sp³-hybridized carbons (Fsp3) is 0.414. The lowest BCUT2D eigenvalue weighted by Crippen LogP contribution is -2.55. The molecule has 212 valence electrons. The number of benzene rings is 1. The molecule has 5 N–H and O–H groups in total. The molecule has 2 aromatic heterocycles. The number of amides is 3. The number of nitrogens with one attached hydrogen (secondary N) is 5. The van der Waals surface area contributed by atoms with Crippen LogP contribution in [0.5, 0.6) is 5.75 Å². The summed E-state index contributed by atoms with van der Waals surface area (Å²) in [6, 6.07) is 7.95. The molecule has 1 aliphatic carbocycles. The van der Waals surface area contributed by atoms with Crippen LogP contribution in [-0.4, -0.2) is 59.2 Å². The van der Waals surface area contributed by atoms with Crippen LogP contribution in [0.25, 0.3) is 10.9 Å². The number of pyridine rings is 1. The third-order valence-electron chi connectivity index (χ3n) is 6.83. The van der Waals surface area contributed by atoms with Crippen LogP contribution in [0.1, 0.15) is 49.2 Å². The zero-order valence-corrected chi connectivity index (χ0v) is 22.8. The van der Waals surface area contributed by atoms with Gasteiger partial charge in [-0.15, -0.1) is 0 Å². The number of methoxy groups -OCH3 is 1. The molecule has 3 aromatic rings. The molecule has 2 heterocycles. The van der Waals surface area contributed by atoms with Gasteiger partial charge in [0.05, 0.1) is 7.11 Å². The summed E-state index contributed by atoms with van der Waals surface area (Å²) in [6.45, 7) is 4.07. The van der Waals surface area contributed by atoms with Crippen LogP contribution < -0.4 is 26.2 Å². The largest absolute Gasteiger partial charge is 0.496 e. The first-order valence-electron chi connectivity index (χ1n) is 13.4. The Kier molecular flexibility index (Phi) is 9.03. The van der Waals surface area contributed by atoms with E-state index in [1.165, 1.54) is 12.3 Å². The van der Waals surface area contributed by atoms with E-state index in [1.807, 2.05) is 19.9 Å². The molecule has 1 fully saturated rings. The fourth-order valence-electron chi connectivity index (χ4n) is 4.44. The number of aromatic nitrogens is 2. The number of hydrogen-bond acceptors (Lipinski definition) is 6. The molecule has 1 aromatic carbocycles. The maximum absolute atomic E-state index is 13.5. The van der Waals surface area contributed by atoms with Gasteiger partial charge in [-0.1, -0.05) is 38.8 Å². The lowest BCUT2D eigenvalue weighted by Gasteiger charge is -2.22. The Balaban J connectivity index is 1.54. The predicted molar refractivity (Wildman–Crippen MR) is 149 cm³/mol. The Labute approximate surface area is 231 Å². The van der Waals surface area contributed by atoms with Gasteiger partial charge in [-0.05, 0) is 42.5 Å². The number of H-pyrrole nitrogens is 2. The number of ketones is 1. The predicted octanol–water partition coefficient (Wildman–Crippen LogP) is 1.83. The van der Waals surface area contributed by atoms with E-state index in [1.54, 1.807) is 31.4 Å². The summed E-state index contributed by atoms with van der Waals surface area (Å²) < 4.78 is 5.37. The van der Waals surface area contributed by atoms with Crippen LogP contribution in [0, 0.1) is 11.8 Å². The van der Waals surface area contributed by atoms with Crippen molar-refractivity contribution in [1.29, 1.82) is 0 Å². The van der Waals surface area contributed by atoms with Crippen molar-refractivity contribution >= 4 is 34.4 Å². The average Bonchev–Trinajstić information content (AvgIpc) is 3.65. The van der Waals surface area contributed by atoms with Gasteiger partial charge in [-0.25, -0.2) is 0 Å². The van der Waals surface area contributed by atoms with Crippen LogP contribution >= 0.6 is 0 Å². The van der Waals surface area contributed by atoms with Gasteiger partial charge in [0.1, 0.15) is 23.5 Å². The summed E-state index contributed by atoms with van der Waals surface area (Å²) in [4.78, 5) is 70.3. The van der Waals surface area contributed by atoms with Crippen molar-refractivity contribution in [2.75, 3.05) is 13.7 Å². The number of Topliss-reactive ketones (excluding diaryl/α,β-unsaturated/α-hetero) is 1. The lowest BCUT2D eigenvalue weighted by atomic mass is 10.0. The van der Waals surface area contributed by atoms with E-state index in [-0.39, 0.29) is 36.1 Å². The minimum absolute atomic E-state index is 0.115. The van der Waals surface area contributed by atoms with Gasteiger partial charge in [-0.2, -0.15) is 0 Å². The van der Waals surface area contributed by atoms with E-state index >= 15 is 0 Å². The maximum Gasteiger partial charge on any atom is 0.289 e. The quantitative estimate of drug-likeness (QED) is 0.204. The van der Waals surface area contributed by atoms with Crippen LogP contribution in [0.3, 0.4) is 0 Å². The van der Waals surface area contributed by atoms with E-state index in [9.17, 15) is 24.0 Å². The molecule has 0 bridgehead atoms. The van der Waals surface area contributed by atoms with Gasteiger partial charge in [0, 0.05) is 35.6 Å². The average molecular weight is 550 g/mol. The molecule has 2 atom stereocenters. The lowest BCUT2D eigenvalue weighted by molar-refractivity contribution is -0.140. The van der Waals surface area contributed by atoms with E-state index in [0.717, 1.165) is 18.2 Å². The van der Waals surface area contributed by atoms with Crippen molar-refractivity contribution in [2.24, 2.45) is 11.8 Å². The van der Waals surface area contributed by atoms with Crippen molar-refractivity contribution in [2.45, 2.75) is 51.6 Å². The molecule has 0 spiro atoms. The number of rotatable bonds is 13. The van der Waals surface area contributed by atoms with Crippen molar-refractivity contribution in [3.8, 4) is 5.75 Å². The molecule has 1 aliphatic rings. The molecule has 2 unspecified atom stereocenters. The van der Waals surface area contributed by atoms with E-state index in [4.69, 9.17) is 4.74 Å². The first-order chi connectivity index (χ1) is 19.2. The summed E-state index contributed by atoms with van der Waals surface area (Å²) in [6.07, 6.45) is 3.53. The second-order valence-electron chi connectivity index (χ2n) is 10.6. The molecule has 1 saturated carbocycles. The molecular weight excluding hydrogens is 514 g/mol. The first kappa shape index (κ1) is 28.6. The minimum atomic E-state index is -1.29. The Morgan fingerprint density at radius 1 is 1.05 bits per heavy atom. The van der Waals surface area contributed by atoms with Crippen molar-refractivity contribution in [1.82, 2.24) is 25.9 Å². The molecule has 0 saturated heterocycles. The zero-order valence-electron chi connectivity index (χ0n) is 22.8. The van der Waals surface area contributed by atoms with Crippen molar-refractivity contribution < 1.29 is 23.9 Å².